The van der Waals surface area contributed by atoms with Gasteiger partial charge in [0.25, 0.3) is 0 Å². The van der Waals surface area contributed by atoms with Gasteiger partial charge in [-0.15, -0.1) is 0 Å². The van der Waals surface area contributed by atoms with Crippen molar-refractivity contribution in [3.63, 3.8) is 0 Å². The van der Waals surface area contributed by atoms with Crippen LogP contribution in [0.3, 0.4) is 0 Å². The van der Waals surface area contributed by atoms with Crippen molar-refractivity contribution < 1.29 is 0 Å². The van der Waals surface area contributed by atoms with E-state index in [1.807, 2.05) is 11.8 Å². The largest absolute Gasteiger partial charge is 0.370 e. The first kappa shape index (κ1) is 12.1. The van der Waals surface area contributed by atoms with E-state index in [1.165, 1.54) is 25.7 Å². The Labute approximate surface area is 103 Å². The van der Waals surface area contributed by atoms with E-state index in [1.54, 1.807) is 0 Å². The molecule has 1 atom stereocenters. The summed E-state index contributed by atoms with van der Waals surface area (Å²) in [6.07, 6.45) is 7.38. The van der Waals surface area contributed by atoms with Gasteiger partial charge < -0.3 is 10.6 Å². The molecular weight excluding hydrogens is 218 g/mol. The van der Waals surface area contributed by atoms with Gasteiger partial charge in [-0.1, -0.05) is 6.92 Å². The van der Waals surface area contributed by atoms with Gasteiger partial charge in [0.05, 0.1) is 6.54 Å². The molecule has 2 rings (SSSR count). The Morgan fingerprint density at radius 1 is 1.56 bits per heavy atom. The summed E-state index contributed by atoms with van der Waals surface area (Å²) >= 11 is 1.95. The number of hydrogen-bond acceptors (Lipinski definition) is 2. The molecule has 2 aliphatic rings. The number of nitrogens with zero attached hydrogens (tertiary/aromatic N) is 2. The SMILES string of the molecule is CSC1(CN=C(N)N2CCCC(C)C2)CC1. The standard InChI is InChI=1S/C12H23N3S/c1-10-4-3-7-15(8-10)11(13)14-9-12(16-2)5-6-12/h10H,3-9H2,1-2H3,(H2,13,14). The third kappa shape index (κ3) is 2.84. The van der Waals surface area contributed by atoms with Gasteiger partial charge in [0.1, 0.15) is 0 Å². The molecule has 4 heteroatoms. The van der Waals surface area contributed by atoms with Crippen LogP contribution in [0.25, 0.3) is 0 Å². The lowest BCUT2D eigenvalue weighted by Crippen LogP contribution is -2.43. The van der Waals surface area contributed by atoms with E-state index >= 15 is 0 Å². The molecule has 0 aromatic carbocycles. The highest BCUT2D eigenvalue weighted by atomic mass is 32.2. The molecular formula is C12H23N3S. The van der Waals surface area contributed by atoms with E-state index in [0.29, 0.717) is 4.75 Å². The Balaban J connectivity index is 1.86. The van der Waals surface area contributed by atoms with Crippen molar-refractivity contribution in [3.8, 4) is 0 Å². The smallest absolute Gasteiger partial charge is 0.191 e. The quantitative estimate of drug-likeness (QED) is 0.606. The summed E-state index contributed by atoms with van der Waals surface area (Å²) in [5.74, 6) is 1.53. The van der Waals surface area contributed by atoms with Crippen molar-refractivity contribution in [2.24, 2.45) is 16.6 Å². The third-order valence-electron chi connectivity index (χ3n) is 3.75. The van der Waals surface area contributed by atoms with Crippen LogP contribution in [0.2, 0.25) is 0 Å². The topological polar surface area (TPSA) is 41.6 Å². The fourth-order valence-electron chi connectivity index (χ4n) is 2.29. The van der Waals surface area contributed by atoms with E-state index in [-0.39, 0.29) is 0 Å². The lowest BCUT2D eigenvalue weighted by atomic mass is 10.0. The number of likely N-dealkylation sites (tertiary alicyclic amines) is 1. The summed E-state index contributed by atoms with van der Waals surface area (Å²) in [6, 6.07) is 0. The molecule has 0 amide bonds. The molecule has 2 N–H and O–H groups in total. The molecule has 0 aromatic rings. The van der Waals surface area contributed by atoms with Crippen molar-refractivity contribution in [3.05, 3.63) is 0 Å². The molecule has 1 aliphatic carbocycles. The summed E-state index contributed by atoms with van der Waals surface area (Å²) in [4.78, 5) is 6.84. The highest BCUT2D eigenvalue weighted by molar-refractivity contribution is 8.00. The summed E-state index contributed by atoms with van der Waals surface area (Å²) in [6.45, 7) is 5.38. The summed E-state index contributed by atoms with van der Waals surface area (Å²) in [5, 5.41) is 0. The maximum Gasteiger partial charge on any atom is 0.191 e. The van der Waals surface area contributed by atoms with Crippen LogP contribution in [0, 0.1) is 5.92 Å². The van der Waals surface area contributed by atoms with E-state index < -0.39 is 0 Å². The van der Waals surface area contributed by atoms with Crippen LogP contribution in [0.4, 0.5) is 0 Å². The Morgan fingerprint density at radius 2 is 2.31 bits per heavy atom. The molecule has 0 bridgehead atoms. The van der Waals surface area contributed by atoms with Gasteiger partial charge in [-0.2, -0.15) is 11.8 Å². The maximum atomic E-state index is 6.07. The zero-order valence-corrected chi connectivity index (χ0v) is 11.2. The second kappa shape index (κ2) is 4.86. The van der Waals surface area contributed by atoms with Crippen molar-refractivity contribution in [2.75, 3.05) is 25.9 Å². The number of aliphatic imine (C=N–C) groups is 1. The van der Waals surface area contributed by atoms with Crippen LogP contribution in [0.15, 0.2) is 4.99 Å². The van der Waals surface area contributed by atoms with Crippen LogP contribution < -0.4 is 5.73 Å². The average Bonchev–Trinajstić information content (AvgIpc) is 3.07. The summed E-state index contributed by atoms with van der Waals surface area (Å²) in [5.41, 5.74) is 6.07. The number of thioether (sulfide) groups is 1. The van der Waals surface area contributed by atoms with Crippen LogP contribution in [-0.4, -0.2) is 41.5 Å². The number of nitrogens with two attached hydrogens (primary N) is 1. The predicted molar refractivity (Wildman–Crippen MR) is 71.9 cm³/mol. The fourth-order valence-corrected chi connectivity index (χ4v) is 2.99. The molecule has 1 saturated heterocycles. The molecule has 1 aliphatic heterocycles. The Morgan fingerprint density at radius 3 is 2.88 bits per heavy atom. The lowest BCUT2D eigenvalue weighted by molar-refractivity contribution is 0.270. The van der Waals surface area contributed by atoms with Crippen LogP contribution in [0.5, 0.6) is 0 Å². The first-order chi connectivity index (χ1) is 7.65. The minimum Gasteiger partial charge on any atom is -0.370 e. The van der Waals surface area contributed by atoms with Crippen LogP contribution in [-0.2, 0) is 0 Å². The van der Waals surface area contributed by atoms with Gasteiger partial charge in [-0.3, -0.25) is 4.99 Å². The Bertz CT molecular complexity index is 273. The van der Waals surface area contributed by atoms with Gasteiger partial charge in [0.15, 0.2) is 5.96 Å². The molecule has 0 radical (unpaired) electrons. The highest BCUT2D eigenvalue weighted by Crippen LogP contribution is 2.47. The molecule has 1 saturated carbocycles. The van der Waals surface area contributed by atoms with Crippen LogP contribution in [0.1, 0.15) is 32.6 Å². The van der Waals surface area contributed by atoms with E-state index in [0.717, 1.165) is 31.5 Å². The minimum atomic E-state index is 0.437. The normalized spacial score (nSPS) is 29.2. The van der Waals surface area contributed by atoms with Crippen LogP contribution >= 0.6 is 11.8 Å². The third-order valence-corrected chi connectivity index (χ3v) is 5.15. The highest BCUT2D eigenvalue weighted by Gasteiger charge is 2.41. The minimum absolute atomic E-state index is 0.437. The lowest BCUT2D eigenvalue weighted by Gasteiger charge is -2.31. The van der Waals surface area contributed by atoms with E-state index in [9.17, 15) is 0 Å². The van der Waals surface area contributed by atoms with Crippen molar-refractivity contribution in [1.29, 1.82) is 0 Å². The zero-order chi connectivity index (χ0) is 11.6. The second-order valence-electron chi connectivity index (χ2n) is 5.25. The van der Waals surface area contributed by atoms with Gasteiger partial charge >= 0.3 is 0 Å². The van der Waals surface area contributed by atoms with Gasteiger partial charge in [0.2, 0.25) is 0 Å². The Hall–Kier alpha value is -0.380. The molecule has 0 spiro atoms. The average molecular weight is 241 g/mol. The van der Waals surface area contributed by atoms with Gasteiger partial charge in [-0.05, 0) is 37.9 Å². The van der Waals surface area contributed by atoms with Crippen molar-refractivity contribution in [2.45, 2.75) is 37.4 Å². The van der Waals surface area contributed by atoms with Crippen molar-refractivity contribution >= 4 is 17.7 Å². The molecule has 1 unspecified atom stereocenters. The Kier molecular flexibility index (Phi) is 3.67. The molecule has 92 valence electrons. The fraction of sp³-hybridized carbons (Fsp3) is 0.917. The zero-order valence-electron chi connectivity index (χ0n) is 10.4. The molecule has 1 heterocycles. The van der Waals surface area contributed by atoms with E-state index in [2.05, 4.69) is 23.1 Å². The summed E-state index contributed by atoms with van der Waals surface area (Å²) in [7, 11) is 0. The number of guanidine groups is 1. The van der Waals surface area contributed by atoms with Gasteiger partial charge in [-0.25, -0.2) is 0 Å². The second-order valence-corrected chi connectivity index (χ2v) is 6.53. The number of hydrogen-bond donors (Lipinski definition) is 1. The maximum absolute atomic E-state index is 6.07. The number of rotatable bonds is 3. The molecule has 16 heavy (non-hydrogen) atoms. The number of piperidine rings is 1. The van der Waals surface area contributed by atoms with Gasteiger partial charge in [0, 0.05) is 17.8 Å². The first-order valence-corrected chi connectivity index (χ1v) is 7.48. The molecule has 3 nitrogen and oxygen atoms in total. The summed E-state index contributed by atoms with van der Waals surface area (Å²) < 4.78 is 0.437. The monoisotopic (exact) mass is 241 g/mol. The first-order valence-electron chi connectivity index (χ1n) is 6.25. The van der Waals surface area contributed by atoms with E-state index in [4.69, 9.17) is 5.73 Å². The molecule has 0 aromatic heterocycles. The predicted octanol–water partition coefficient (Wildman–Crippen LogP) is 1.93. The van der Waals surface area contributed by atoms with Crippen molar-refractivity contribution in [1.82, 2.24) is 4.90 Å². The molecule has 2 fully saturated rings.